The fraction of sp³-hybridized carbons (Fsp3) is 0.294. The molecule has 0 unspecified atom stereocenters. The van der Waals surface area contributed by atoms with Crippen LogP contribution in [0.4, 0.5) is 0 Å². The summed E-state index contributed by atoms with van der Waals surface area (Å²) in [5.74, 6) is -0.0345. The first kappa shape index (κ1) is 13.8. The third kappa shape index (κ3) is 3.11. The van der Waals surface area contributed by atoms with E-state index in [4.69, 9.17) is 0 Å². The standard InChI is InChI=1S/C17H19N3O/c1-20-8-7-15-14(12-20)10-18-11-16(15)17(21)19-9-13-5-3-2-4-6-13/h2-6,10-11H,7-9,12H2,1H3,(H,19,21). The van der Waals surface area contributed by atoms with Crippen molar-refractivity contribution in [1.29, 1.82) is 0 Å². The predicted molar refractivity (Wildman–Crippen MR) is 81.9 cm³/mol. The number of hydrogen-bond donors (Lipinski definition) is 1. The van der Waals surface area contributed by atoms with Crippen molar-refractivity contribution in [3.05, 3.63) is 65.0 Å². The topological polar surface area (TPSA) is 45.2 Å². The molecule has 4 heteroatoms. The van der Waals surface area contributed by atoms with Crippen molar-refractivity contribution in [2.75, 3.05) is 13.6 Å². The van der Waals surface area contributed by atoms with E-state index < -0.39 is 0 Å². The number of hydrogen-bond acceptors (Lipinski definition) is 3. The number of benzene rings is 1. The number of carbonyl (C=O) groups excluding carboxylic acids is 1. The predicted octanol–water partition coefficient (Wildman–Crippen LogP) is 2.00. The minimum atomic E-state index is -0.0345. The molecule has 0 aliphatic carbocycles. The summed E-state index contributed by atoms with van der Waals surface area (Å²) in [6.07, 6.45) is 4.46. The summed E-state index contributed by atoms with van der Waals surface area (Å²) in [4.78, 5) is 18.9. The molecule has 2 aromatic rings. The lowest BCUT2D eigenvalue weighted by atomic mass is 9.97. The first-order valence-electron chi connectivity index (χ1n) is 7.20. The summed E-state index contributed by atoms with van der Waals surface area (Å²) in [5.41, 5.74) is 4.13. The van der Waals surface area contributed by atoms with Crippen molar-refractivity contribution in [1.82, 2.24) is 15.2 Å². The van der Waals surface area contributed by atoms with Gasteiger partial charge in [-0.25, -0.2) is 0 Å². The van der Waals surface area contributed by atoms with Gasteiger partial charge in [0.2, 0.25) is 0 Å². The Hall–Kier alpha value is -2.20. The summed E-state index contributed by atoms with van der Waals surface area (Å²) in [5, 5.41) is 2.98. The molecule has 0 saturated carbocycles. The first-order chi connectivity index (χ1) is 10.2. The molecule has 4 nitrogen and oxygen atoms in total. The molecule has 0 spiro atoms. The van der Waals surface area contributed by atoms with Crippen molar-refractivity contribution >= 4 is 5.91 Å². The Balaban J connectivity index is 1.75. The highest BCUT2D eigenvalue weighted by Gasteiger charge is 2.20. The number of nitrogens with zero attached hydrogens (tertiary/aromatic N) is 2. The second-order valence-corrected chi connectivity index (χ2v) is 5.48. The van der Waals surface area contributed by atoms with Gasteiger partial charge in [0.25, 0.3) is 5.91 Å². The zero-order valence-electron chi connectivity index (χ0n) is 12.2. The Morgan fingerprint density at radius 1 is 1.29 bits per heavy atom. The molecule has 108 valence electrons. The number of likely N-dealkylation sites (N-methyl/N-ethyl adjacent to an activating group) is 1. The molecule has 3 rings (SSSR count). The molecule has 1 aromatic heterocycles. The van der Waals surface area contributed by atoms with Gasteiger partial charge < -0.3 is 10.2 Å². The minimum Gasteiger partial charge on any atom is -0.348 e. The maximum Gasteiger partial charge on any atom is 0.253 e. The van der Waals surface area contributed by atoms with Gasteiger partial charge in [0.15, 0.2) is 0 Å². The monoisotopic (exact) mass is 281 g/mol. The molecule has 1 N–H and O–H groups in total. The fourth-order valence-corrected chi connectivity index (χ4v) is 2.70. The van der Waals surface area contributed by atoms with E-state index >= 15 is 0 Å². The Kier molecular flexibility index (Phi) is 3.97. The zero-order valence-corrected chi connectivity index (χ0v) is 12.2. The van der Waals surface area contributed by atoms with Gasteiger partial charge in [0.1, 0.15) is 0 Å². The Labute approximate surface area is 124 Å². The molecule has 0 saturated heterocycles. The van der Waals surface area contributed by atoms with Crippen molar-refractivity contribution in [2.45, 2.75) is 19.5 Å². The molecular weight excluding hydrogens is 262 g/mol. The van der Waals surface area contributed by atoms with Gasteiger partial charge in [-0.3, -0.25) is 9.78 Å². The van der Waals surface area contributed by atoms with Crippen molar-refractivity contribution in [3.8, 4) is 0 Å². The summed E-state index contributed by atoms with van der Waals surface area (Å²) in [6, 6.07) is 9.94. The van der Waals surface area contributed by atoms with Gasteiger partial charge in [-0.05, 0) is 30.2 Å². The van der Waals surface area contributed by atoms with E-state index in [1.165, 1.54) is 0 Å². The van der Waals surface area contributed by atoms with Crippen molar-refractivity contribution < 1.29 is 4.79 Å². The number of carbonyl (C=O) groups is 1. The molecule has 0 bridgehead atoms. The SMILES string of the molecule is CN1CCc2c(cncc2C(=O)NCc2ccccc2)C1. The van der Waals surface area contributed by atoms with Gasteiger partial charge in [-0.15, -0.1) is 0 Å². The zero-order chi connectivity index (χ0) is 14.7. The molecule has 0 radical (unpaired) electrons. The van der Waals surface area contributed by atoms with Crippen molar-refractivity contribution in [3.63, 3.8) is 0 Å². The lowest BCUT2D eigenvalue weighted by Crippen LogP contribution is -2.30. The molecular formula is C17H19N3O. The molecule has 21 heavy (non-hydrogen) atoms. The summed E-state index contributed by atoms with van der Waals surface area (Å²) in [7, 11) is 2.09. The van der Waals surface area contributed by atoms with Gasteiger partial charge >= 0.3 is 0 Å². The van der Waals surface area contributed by atoms with Gasteiger partial charge in [0, 0.05) is 32.0 Å². The maximum atomic E-state index is 12.4. The molecule has 1 aliphatic rings. The van der Waals surface area contributed by atoms with Crippen LogP contribution in [0.2, 0.25) is 0 Å². The van der Waals surface area contributed by atoms with Crippen LogP contribution in [0, 0.1) is 0 Å². The fourth-order valence-electron chi connectivity index (χ4n) is 2.70. The highest BCUT2D eigenvalue weighted by Crippen LogP contribution is 2.20. The lowest BCUT2D eigenvalue weighted by molar-refractivity contribution is 0.0948. The third-order valence-electron chi connectivity index (χ3n) is 3.87. The van der Waals surface area contributed by atoms with E-state index in [0.29, 0.717) is 6.54 Å². The maximum absolute atomic E-state index is 12.4. The van der Waals surface area contributed by atoms with Crippen LogP contribution in [0.1, 0.15) is 27.0 Å². The van der Waals surface area contributed by atoms with Crippen LogP contribution in [0.15, 0.2) is 42.7 Å². The van der Waals surface area contributed by atoms with Gasteiger partial charge in [0.05, 0.1) is 5.56 Å². The van der Waals surface area contributed by atoms with Crippen LogP contribution < -0.4 is 5.32 Å². The van der Waals surface area contributed by atoms with Crippen LogP contribution >= 0.6 is 0 Å². The third-order valence-corrected chi connectivity index (χ3v) is 3.87. The van der Waals surface area contributed by atoms with Crippen LogP contribution in [-0.2, 0) is 19.5 Å². The van der Waals surface area contributed by atoms with Crippen LogP contribution in [0.3, 0.4) is 0 Å². The average molecular weight is 281 g/mol. The highest BCUT2D eigenvalue weighted by molar-refractivity contribution is 5.95. The van der Waals surface area contributed by atoms with Crippen LogP contribution in [-0.4, -0.2) is 29.4 Å². The summed E-state index contributed by atoms with van der Waals surface area (Å²) >= 11 is 0. The number of aromatic nitrogens is 1. The number of amides is 1. The van der Waals surface area contributed by atoms with E-state index in [9.17, 15) is 4.79 Å². The molecule has 2 heterocycles. The summed E-state index contributed by atoms with van der Waals surface area (Å²) < 4.78 is 0. The number of fused-ring (bicyclic) bond motifs is 1. The van der Waals surface area contributed by atoms with E-state index in [1.807, 2.05) is 36.5 Å². The molecule has 0 fully saturated rings. The minimum absolute atomic E-state index is 0.0345. The molecule has 1 aromatic carbocycles. The second-order valence-electron chi connectivity index (χ2n) is 5.48. The quantitative estimate of drug-likeness (QED) is 0.936. The number of pyridine rings is 1. The van der Waals surface area contributed by atoms with Crippen LogP contribution in [0.5, 0.6) is 0 Å². The largest absolute Gasteiger partial charge is 0.348 e. The molecule has 1 amide bonds. The Morgan fingerprint density at radius 2 is 2.10 bits per heavy atom. The van der Waals surface area contributed by atoms with E-state index in [2.05, 4.69) is 22.2 Å². The van der Waals surface area contributed by atoms with Crippen LogP contribution in [0.25, 0.3) is 0 Å². The number of nitrogens with one attached hydrogen (secondary N) is 1. The summed E-state index contributed by atoms with van der Waals surface area (Å²) in [6.45, 7) is 2.39. The Bertz CT molecular complexity index is 640. The Morgan fingerprint density at radius 3 is 2.90 bits per heavy atom. The van der Waals surface area contributed by atoms with Gasteiger partial charge in [-0.1, -0.05) is 30.3 Å². The van der Waals surface area contributed by atoms with E-state index in [1.54, 1.807) is 6.20 Å². The second kappa shape index (κ2) is 6.06. The lowest BCUT2D eigenvalue weighted by Gasteiger charge is -2.26. The first-order valence-corrected chi connectivity index (χ1v) is 7.20. The normalized spacial score (nSPS) is 14.5. The van der Waals surface area contributed by atoms with E-state index in [-0.39, 0.29) is 5.91 Å². The van der Waals surface area contributed by atoms with Gasteiger partial charge in [-0.2, -0.15) is 0 Å². The average Bonchev–Trinajstić information content (AvgIpc) is 2.52. The highest BCUT2D eigenvalue weighted by atomic mass is 16.1. The number of rotatable bonds is 3. The smallest absolute Gasteiger partial charge is 0.253 e. The van der Waals surface area contributed by atoms with Crippen molar-refractivity contribution in [2.24, 2.45) is 0 Å². The molecule has 0 atom stereocenters. The molecule has 1 aliphatic heterocycles. The van der Waals surface area contributed by atoms with E-state index in [0.717, 1.165) is 41.8 Å².